The van der Waals surface area contributed by atoms with Crippen LogP contribution in [-0.2, 0) is 6.42 Å². The topological polar surface area (TPSA) is 42.7 Å². The Balaban J connectivity index is 1.85. The molecule has 1 saturated carbocycles. The van der Waals surface area contributed by atoms with Gasteiger partial charge in [-0.2, -0.15) is 0 Å². The molecule has 1 aliphatic heterocycles. The van der Waals surface area contributed by atoms with E-state index in [-0.39, 0.29) is 0 Å². The Kier molecular flexibility index (Phi) is 2.79. The van der Waals surface area contributed by atoms with Gasteiger partial charge in [0.05, 0.1) is 6.04 Å². The van der Waals surface area contributed by atoms with Gasteiger partial charge in [-0.3, -0.25) is 0 Å². The standard InChI is InChI=1S/C11H18N4S/c1-2-5-10-12-13-11-15(10)14-8-6-3-4-7-9(8)16-11/h8-9,14H,2-7H2,1H3. The summed E-state index contributed by atoms with van der Waals surface area (Å²) in [5, 5.41) is 10.3. The molecular formula is C11H18N4S. The number of thioether (sulfide) groups is 1. The van der Waals surface area contributed by atoms with Crippen LogP contribution in [0.25, 0.3) is 0 Å². The molecule has 2 heterocycles. The Labute approximate surface area is 100 Å². The van der Waals surface area contributed by atoms with E-state index in [0.29, 0.717) is 11.3 Å². The van der Waals surface area contributed by atoms with Gasteiger partial charge in [0.25, 0.3) is 0 Å². The van der Waals surface area contributed by atoms with Gasteiger partial charge in [0.15, 0.2) is 5.82 Å². The molecule has 1 fully saturated rings. The van der Waals surface area contributed by atoms with Crippen LogP contribution in [0.1, 0.15) is 44.9 Å². The summed E-state index contributed by atoms with van der Waals surface area (Å²) in [6.45, 7) is 2.18. The van der Waals surface area contributed by atoms with Crippen molar-refractivity contribution in [2.45, 2.75) is 61.9 Å². The van der Waals surface area contributed by atoms with Gasteiger partial charge in [0.2, 0.25) is 5.16 Å². The van der Waals surface area contributed by atoms with Gasteiger partial charge in [-0.1, -0.05) is 31.5 Å². The first-order chi connectivity index (χ1) is 7.88. The predicted molar refractivity (Wildman–Crippen MR) is 65.3 cm³/mol. The quantitative estimate of drug-likeness (QED) is 0.857. The normalized spacial score (nSPS) is 28.1. The molecule has 2 atom stereocenters. The van der Waals surface area contributed by atoms with Crippen LogP contribution in [0.5, 0.6) is 0 Å². The van der Waals surface area contributed by atoms with Gasteiger partial charge in [-0.25, -0.2) is 4.68 Å². The van der Waals surface area contributed by atoms with Crippen molar-refractivity contribution in [3.8, 4) is 0 Å². The average molecular weight is 238 g/mol. The van der Waals surface area contributed by atoms with Crippen molar-refractivity contribution >= 4 is 11.8 Å². The van der Waals surface area contributed by atoms with Crippen LogP contribution < -0.4 is 5.43 Å². The van der Waals surface area contributed by atoms with Gasteiger partial charge in [-0.15, -0.1) is 10.2 Å². The second kappa shape index (κ2) is 4.28. The lowest BCUT2D eigenvalue weighted by molar-refractivity contribution is 0.428. The molecule has 3 rings (SSSR count). The third-order valence-electron chi connectivity index (χ3n) is 3.43. The van der Waals surface area contributed by atoms with Crippen molar-refractivity contribution in [3.63, 3.8) is 0 Å². The van der Waals surface area contributed by atoms with Crippen molar-refractivity contribution in [3.05, 3.63) is 5.82 Å². The van der Waals surface area contributed by atoms with Crippen LogP contribution in [0, 0.1) is 0 Å². The molecule has 1 aliphatic carbocycles. The minimum Gasteiger partial charge on any atom is -0.318 e. The number of nitrogens with zero attached hydrogens (tertiary/aromatic N) is 3. The number of hydrogen-bond donors (Lipinski definition) is 1. The highest BCUT2D eigenvalue weighted by atomic mass is 32.2. The molecule has 1 aromatic heterocycles. The summed E-state index contributed by atoms with van der Waals surface area (Å²) in [4.78, 5) is 0. The molecule has 88 valence electrons. The van der Waals surface area contributed by atoms with Crippen molar-refractivity contribution < 1.29 is 0 Å². The molecule has 0 spiro atoms. The third kappa shape index (κ3) is 1.71. The Morgan fingerprint density at radius 2 is 2.25 bits per heavy atom. The number of aryl methyl sites for hydroxylation is 1. The average Bonchev–Trinajstić information content (AvgIpc) is 2.70. The van der Waals surface area contributed by atoms with Crippen LogP contribution in [0.15, 0.2) is 5.16 Å². The molecule has 0 amide bonds. The summed E-state index contributed by atoms with van der Waals surface area (Å²) < 4.78 is 2.13. The van der Waals surface area contributed by atoms with Crippen molar-refractivity contribution in [2.24, 2.45) is 0 Å². The maximum Gasteiger partial charge on any atom is 0.210 e. The number of fused-ring (bicyclic) bond motifs is 2. The molecule has 0 bridgehead atoms. The number of aromatic nitrogens is 3. The first-order valence-corrected chi connectivity index (χ1v) is 7.14. The second-order valence-electron chi connectivity index (χ2n) is 4.66. The van der Waals surface area contributed by atoms with E-state index < -0.39 is 0 Å². The molecule has 16 heavy (non-hydrogen) atoms. The largest absolute Gasteiger partial charge is 0.318 e. The van der Waals surface area contributed by atoms with Gasteiger partial charge >= 0.3 is 0 Å². The Morgan fingerprint density at radius 1 is 1.38 bits per heavy atom. The molecule has 1 N–H and O–H groups in total. The molecule has 0 saturated heterocycles. The summed E-state index contributed by atoms with van der Waals surface area (Å²) in [5.74, 6) is 1.09. The molecular weight excluding hydrogens is 220 g/mol. The zero-order valence-electron chi connectivity index (χ0n) is 9.65. The van der Waals surface area contributed by atoms with E-state index in [1.165, 1.54) is 25.7 Å². The monoisotopic (exact) mass is 238 g/mol. The van der Waals surface area contributed by atoms with Crippen molar-refractivity contribution in [2.75, 3.05) is 5.43 Å². The fourth-order valence-electron chi connectivity index (χ4n) is 2.58. The van der Waals surface area contributed by atoms with Gasteiger partial charge in [-0.05, 0) is 19.3 Å². The van der Waals surface area contributed by atoms with Crippen LogP contribution in [0.3, 0.4) is 0 Å². The number of hydrogen-bond acceptors (Lipinski definition) is 4. The molecule has 2 aliphatic rings. The van der Waals surface area contributed by atoms with E-state index in [2.05, 4.69) is 27.2 Å². The van der Waals surface area contributed by atoms with Crippen molar-refractivity contribution in [1.82, 2.24) is 14.9 Å². The van der Waals surface area contributed by atoms with Crippen LogP contribution in [0.2, 0.25) is 0 Å². The van der Waals surface area contributed by atoms with E-state index in [0.717, 1.165) is 23.8 Å². The fraction of sp³-hybridized carbons (Fsp3) is 0.818. The van der Waals surface area contributed by atoms with Gasteiger partial charge in [0.1, 0.15) is 0 Å². The molecule has 0 aromatic carbocycles. The van der Waals surface area contributed by atoms with Gasteiger partial charge < -0.3 is 5.43 Å². The summed E-state index contributed by atoms with van der Waals surface area (Å²) >= 11 is 1.91. The first kappa shape index (κ1) is 10.4. The van der Waals surface area contributed by atoms with Crippen LogP contribution in [0.4, 0.5) is 0 Å². The maximum absolute atomic E-state index is 4.28. The van der Waals surface area contributed by atoms with Gasteiger partial charge in [0, 0.05) is 11.7 Å². The first-order valence-electron chi connectivity index (χ1n) is 6.26. The summed E-state index contributed by atoms with van der Waals surface area (Å²) in [6, 6.07) is 0.623. The molecule has 4 nitrogen and oxygen atoms in total. The summed E-state index contributed by atoms with van der Waals surface area (Å²) in [5.41, 5.74) is 3.60. The second-order valence-corrected chi connectivity index (χ2v) is 5.87. The fourth-order valence-corrected chi connectivity index (χ4v) is 3.85. The minimum atomic E-state index is 0.623. The number of nitrogens with one attached hydrogen (secondary N) is 1. The van der Waals surface area contributed by atoms with E-state index in [4.69, 9.17) is 0 Å². The smallest absolute Gasteiger partial charge is 0.210 e. The highest BCUT2D eigenvalue weighted by Gasteiger charge is 2.33. The highest BCUT2D eigenvalue weighted by Crippen LogP contribution is 2.36. The van der Waals surface area contributed by atoms with E-state index in [1.807, 2.05) is 11.8 Å². The summed E-state index contributed by atoms with van der Waals surface area (Å²) in [7, 11) is 0. The highest BCUT2D eigenvalue weighted by molar-refractivity contribution is 7.99. The molecule has 5 heteroatoms. The lowest BCUT2D eigenvalue weighted by atomic mass is 9.95. The Bertz CT molecular complexity index is 376. The third-order valence-corrected chi connectivity index (χ3v) is 4.77. The Morgan fingerprint density at radius 3 is 3.12 bits per heavy atom. The molecule has 2 unspecified atom stereocenters. The zero-order chi connectivity index (χ0) is 11.0. The Hall–Kier alpha value is -0.710. The number of rotatable bonds is 2. The van der Waals surface area contributed by atoms with Crippen molar-refractivity contribution in [1.29, 1.82) is 0 Å². The minimum absolute atomic E-state index is 0.623. The molecule has 1 aromatic rings. The molecule has 0 radical (unpaired) electrons. The predicted octanol–water partition coefficient (Wildman–Crippen LogP) is 2.19. The summed E-state index contributed by atoms with van der Waals surface area (Å²) in [6.07, 6.45) is 7.47. The van der Waals surface area contributed by atoms with E-state index in [9.17, 15) is 0 Å². The van der Waals surface area contributed by atoms with Crippen LogP contribution in [-0.4, -0.2) is 26.2 Å². The maximum atomic E-state index is 4.28. The lowest BCUT2D eigenvalue weighted by Gasteiger charge is -2.36. The van der Waals surface area contributed by atoms with E-state index in [1.54, 1.807) is 0 Å². The lowest BCUT2D eigenvalue weighted by Crippen LogP contribution is -2.43. The van der Waals surface area contributed by atoms with Crippen LogP contribution >= 0.6 is 11.8 Å². The zero-order valence-corrected chi connectivity index (χ0v) is 10.5. The van der Waals surface area contributed by atoms with E-state index >= 15 is 0 Å². The SMILES string of the molecule is CCCc1nnc2n1NC1CCCCC1S2.